The third kappa shape index (κ3) is 7.15. The van der Waals surface area contributed by atoms with Crippen molar-refractivity contribution in [3.63, 3.8) is 0 Å². The first-order chi connectivity index (χ1) is 13.0. The average Bonchev–Trinajstić information content (AvgIpc) is 2.62. The number of carbonyl (C=O) groups is 4. The molecule has 1 rings (SSSR count). The van der Waals surface area contributed by atoms with Crippen molar-refractivity contribution in [1.82, 2.24) is 10.6 Å². The molecule has 1 saturated carbocycles. The number of carbonyl (C=O) groups excluding carboxylic acids is 2. The van der Waals surface area contributed by atoms with Gasteiger partial charge in [0.1, 0.15) is 0 Å². The van der Waals surface area contributed by atoms with Gasteiger partial charge in [0.2, 0.25) is 11.8 Å². The van der Waals surface area contributed by atoms with E-state index in [1.54, 1.807) is 13.8 Å². The summed E-state index contributed by atoms with van der Waals surface area (Å²) < 4.78 is 5.92. The van der Waals surface area contributed by atoms with Crippen LogP contribution in [-0.4, -0.2) is 59.3 Å². The Morgan fingerprint density at radius 3 is 1.79 bits per heavy atom. The minimum absolute atomic E-state index is 0.0473. The van der Waals surface area contributed by atoms with Crippen molar-refractivity contribution >= 4 is 23.8 Å². The summed E-state index contributed by atoms with van der Waals surface area (Å²) in [4.78, 5) is 46.2. The van der Waals surface area contributed by atoms with Crippen LogP contribution < -0.4 is 10.6 Å². The topological polar surface area (TPSA) is 142 Å². The van der Waals surface area contributed by atoms with Gasteiger partial charge in [0, 0.05) is 24.2 Å². The maximum absolute atomic E-state index is 11.7. The molecule has 9 heteroatoms. The van der Waals surface area contributed by atoms with Crippen molar-refractivity contribution in [3.8, 4) is 0 Å². The molecule has 0 bridgehead atoms. The van der Waals surface area contributed by atoms with Gasteiger partial charge in [0.15, 0.2) is 0 Å². The zero-order valence-electron chi connectivity index (χ0n) is 16.2. The Morgan fingerprint density at radius 2 is 1.39 bits per heavy atom. The second-order valence-corrected chi connectivity index (χ2v) is 7.06. The molecule has 156 valence electrons. The number of carboxylic acids is 2. The van der Waals surface area contributed by atoms with Crippen molar-refractivity contribution in [1.29, 1.82) is 0 Å². The molecular weight excluding hydrogens is 368 g/mol. The molecule has 0 aromatic carbocycles. The first-order valence-electron chi connectivity index (χ1n) is 9.01. The zero-order valence-corrected chi connectivity index (χ0v) is 16.2. The lowest BCUT2D eigenvalue weighted by Crippen LogP contribution is -2.45. The maximum Gasteiger partial charge on any atom is 0.307 e. The van der Waals surface area contributed by atoms with E-state index < -0.39 is 36.0 Å². The molecule has 1 fully saturated rings. The highest BCUT2D eigenvalue weighted by atomic mass is 16.5. The highest BCUT2D eigenvalue weighted by Gasteiger charge is 2.40. The minimum Gasteiger partial charge on any atom is -0.481 e. The van der Waals surface area contributed by atoms with Crippen LogP contribution in [0.5, 0.6) is 0 Å². The normalized spacial score (nSPS) is 21.6. The van der Waals surface area contributed by atoms with Gasteiger partial charge in [-0.3, -0.25) is 19.2 Å². The highest BCUT2D eigenvalue weighted by Crippen LogP contribution is 2.32. The molecule has 3 unspecified atom stereocenters. The quantitative estimate of drug-likeness (QED) is 0.398. The first kappa shape index (κ1) is 23.4. The summed E-state index contributed by atoms with van der Waals surface area (Å²) in [6, 6.07) is 0. The number of carboxylic acid groups (broad SMARTS) is 2. The molecule has 2 amide bonds. The molecule has 0 heterocycles. The molecule has 28 heavy (non-hydrogen) atoms. The Bertz CT molecular complexity index is 629. The number of ether oxygens (including phenoxy) is 1. The second-order valence-electron chi connectivity index (χ2n) is 7.06. The zero-order chi connectivity index (χ0) is 21.4. The lowest BCUT2D eigenvalue weighted by molar-refractivity contribution is -0.160. The smallest absolute Gasteiger partial charge is 0.307 e. The second kappa shape index (κ2) is 10.6. The number of amides is 2. The Balaban J connectivity index is 2.77. The molecule has 0 spiro atoms. The first-order valence-corrected chi connectivity index (χ1v) is 9.01. The average molecular weight is 396 g/mol. The Morgan fingerprint density at radius 1 is 0.929 bits per heavy atom. The van der Waals surface area contributed by atoms with Gasteiger partial charge in [-0.2, -0.15) is 0 Å². The summed E-state index contributed by atoms with van der Waals surface area (Å²) in [6.07, 6.45) is -0.510. The molecule has 1 aliphatic rings. The van der Waals surface area contributed by atoms with Crippen molar-refractivity contribution < 1.29 is 34.1 Å². The molecule has 0 aromatic heterocycles. The summed E-state index contributed by atoms with van der Waals surface area (Å²) in [5.41, 5.74) is 0.634. The Hall–Kier alpha value is -2.68. The molecule has 9 nitrogen and oxygen atoms in total. The van der Waals surface area contributed by atoms with Crippen LogP contribution in [0, 0.1) is 11.8 Å². The fourth-order valence-electron chi connectivity index (χ4n) is 2.98. The van der Waals surface area contributed by atoms with Gasteiger partial charge in [-0.15, -0.1) is 0 Å². The summed E-state index contributed by atoms with van der Waals surface area (Å²) in [7, 11) is 0. The van der Waals surface area contributed by atoms with E-state index in [2.05, 4.69) is 23.8 Å². The molecule has 4 N–H and O–H groups in total. The highest BCUT2D eigenvalue weighted by molar-refractivity contribution is 5.92. The van der Waals surface area contributed by atoms with Gasteiger partial charge in [0.05, 0.1) is 24.0 Å². The molecule has 0 radical (unpaired) electrons. The van der Waals surface area contributed by atoms with Gasteiger partial charge in [-0.05, 0) is 33.1 Å². The summed E-state index contributed by atoms with van der Waals surface area (Å²) in [6.45, 7) is 10.4. The lowest BCUT2D eigenvalue weighted by Gasteiger charge is -2.34. The standard InChI is InChI=1S/C19H28N2O7/c1-10(2)16(22)20-8-13(9-21-17(23)11(3)4)28-12-5-6-14(18(24)25)15(7-12)19(26)27/h12-15H,1,3,5-9H2,2,4H3,(H,20,22)(H,21,23)(H,24,25)(H,26,27). The van der Waals surface area contributed by atoms with Crippen LogP contribution in [0.4, 0.5) is 0 Å². The fourth-order valence-corrected chi connectivity index (χ4v) is 2.98. The van der Waals surface area contributed by atoms with Gasteiger partial charge >= 0.3 is 11.9 Å². The Kier molecular flexibility index (Phi) is 8.84. The van der Waals surface area contributed by atoms with Gasteiger partial charge in [0.25, 0.3) is 0 Å². The van der Waals surface area contributed by atoms with Crippen LogP contribution in [-0.2, 0) is 23.9 Å². The minimum atomic E-state index is -1.18. The van der Waals surface area contributed by atoms with Gasteiger partial charge in [-0.25, -0.2) is 0 Å². The lowest BCUT2D eigenvalue weighted by atomic mass is 9.78. The number of hydrogen-bond donors (Lipinski definition) is 4. The van der Waals surface area contributed by atoms with Gasteiger partial charge < -0.3 is 25.6 Å². The van der Waals surface area contributed by atoms with E-state index in [0.29, 0.717) is 17.6 Å². The summed E-state index contributed by atoms with van der Waals surface area (Å²) in [5, 5.41) is 23.8. The largest absolute Gasteiger partial charge is 0.481 e. The van der Waals surface area contributed by atoms with Crippen LogP contribution in [0.1, 0.15) is 33.1 Å². The molecular formula is C19H28N2O7. The maximum atomic E-state index is 11.7. The SMILES string of the molecule is C=C(C)C(=O)NCC(CNC(=O)C(=C)C)OC1CCC(C(=O)O)C(C(=O)O)C1. The molecule has 3 atom stereocenters. The van der Waals surface area contributed by atoms with Crippen LogP contribution in [0.3, 0.4) is 0 Å². The van der Waals surface area contributed by atoms with Crippen molar-refractivity contribution in [3.05, 3.63) is 24.3 Å². The summed E-state index contributed by atoms with van der Waals surface area (Å²) in [5.74, 6) is -5.04. The van der Waals surface area contributed by atoms with E-state index in [0.717, 1.165) is 0 Å². The van der Waals surface area contributed by atoms with E-state index in [1.165, 1.54) is 0 Å². The van der Waals surface area contributed by atoms with E-state index in [1.807, 2.05) is 0 Å². The predicted molar refractivity (Wildman–Crippen MR) is 100 cm³/mol. The molecule has 0 aliphatic heterocycles. The Labute approximate surface area is 163 Å². The number of rotatable bonds is 10. The van der Waals surface area contributed by atoms with Gasteiger partial charge in [-0.1, -0.05) is 13.2 Å². The van der Waals surface area contributed by atoms with Crippen LogP contribution >= 0.6 is 0 Å². The number of hydrogen-bond acceptors (Lipinski definition) is 5. The molecule has 0 saturated heterocycles. The predicted octanol–water partition coefficient (Wildman–Crippen LogP) is 0.710. The van der Waals surface area contributed by atoms with E-state index >= 15 is 0 Å². The van der Waals surface area contributed by atoms with E-state index in [9.17, 15) is 29.4 Å². The third-order valence-electron chi connectivity index (χ3n) is 4.58. The van der Waals surface area contributed by atoms with Crippen molar-refractivity contribution in [2.24, 2.45) is 11.8 Å². The van der Waals surface area contributed by atoms with Crippen LogP contribution in [0.25, 0.3) is 0 Å². The van der Waals surface area contributed by atoms with Crippen LogP contribution in [0.15, 0.2) is 24.3 Å². The molecule has 1 aliphatic carbocycles. The monoisotopic (exact) mass is 396 g/mol. The van der Waals surface area contributed by atoms with E-state index in [-0.39, 0.29) is 37.7 Å². The summed E-state index contributed by atoms with van der Waals surface area (Å²) >= 11 is 0. The van der Waals surface area contributed by atoms with E-state index in [4.69, 9.17) is 4.74 Å². The fraction of sp³-hybridized carbons (Fsp3) is 0.579. The third-order valence-corrected chi connectivity index (χ3v) is 4.58. The van der Waals surface area contributed by atoms with Crippen molar-refractivity contribution in [2.75, 3.05) is 13.1 Å². The number of nitrogens with one attached hydrogen (secondary N) is 2. The van der Waals surface area contributed by atoms with Crippen molar-refractivity contribution in [2.45, 2.75) is 45.3 Å². The number of aliphatic carboxylic acids is 2. The molecule has 0 aromatic rings. The van der Waals surface area contributed by atoms with Crippen LogP contribution in [0.2, 0.25) is 0 Å².